The normalized spacial score (nSPS) is 17.9. The predicted octanol–water partition coefficient (Wildman–Crippen LogP) is 1.67. The highest BCUT2D eigenvalue weighted by molar-refractivity contribution is 5.07. The number of aromatic nitrogens is 2. The molecule has 0 bridgehead atoms. The van der Waals surface area contributed by atoms with Crippen LogP contribution in [0.3, 0.4) is 0 Å². The van der Waals surface area contributed by atoms with Gasteiger partial charge in [-0.05, 0) is 46.2 Å². The lowest BCUT2D eigenvalue weighted by atomic mass is 9.97. The Bertz CT molecular complexity index is 471. The van der Waals surface area contributed by atoms with Crippen LogP contribution in [0.15, 0.2) is 12.4 Å². The number of nitrogens with zero attached hydrogens (tertiary/aromatic N) is 4. The number of nitrogens with one attached hydrogen (secondary N) is 1. The van der Waals surface area contributed by atoms with Gasteiger partial charge in [-0.2, -0.15) is 5.26 Å². The van der Waals surface area contributed by atoms with Gasteiger partial charge in [-0.15, -0.1) is 0 Å². The van der Waals surface area contributed by atoms with Gasteiger partial charge in [0.2, 0.25) is 0 Å². The van der Waals surface area contributed by atoms with Crippen molar-refractivity contribution in [1.29, 1.82) is 5.26 Å². The zero-order valence-corrected chi connectivity index (χ0v) is 12.8. The van der Waals surface area contributed by atoms with Crippen LogP contribution in [0.1, 0.15) is 38.4 Å². The highest BCUT2D eigenvalue weighted by Crippen LogP contribution is 2.24. The van der Waals surface area contributed by atoms with Gasteiger partial charge in [0.15, 0.2) is 0 Å². The first kappa shape index (κ1) is 15.0. The molecule has 20 heavy (non-hydrogen) atoms. The molecule has 0 saturated heterocycles. The monoisotopic (exact) mass is 275 g/mol. The van der Waals surface area contributed by atoms with Crippen LogP contribution in [0.2, 0.25) is 0 Å². The van der Waals surface area contributed by atoms with E-state index >= 15 is 0 Å². The van der Waals surface area contributed by atoms with Gasteiger partial charge in [0.25, 0.3) is 0 Å². The van der Waals surface area contributed by atoms with Gasteiger partial charge in [0.05, 0.1) is 12.6 Å². The molecule has 1 aromatic rings. The lowest BCUT2D eigenvalue weighted by Crippen LogP contribution is -2.42. The van der Waals surface area contributed by atoms with Crippen LogP contribution < -0.4 is 5.32 Å². The Morgan fingerprint density at radius 1 is 1.60 bits per heavy atom. The second kappa shape index (κ2) is 6.38. The van der Waals surface area contributed by atoms with Crippen molar-refractivity contribution >= 4 is 0 Å². The van der Waals surface area contributed by atoms with E-state index in [2.05, 4.69) is 28.3 Å². The number of rotatable bonds is 8. The van der Waals surface area contributed by atoms with Gasteiger partial charge < -0.3 is 4.57 Å². The molecule has 2 rings (SSSR count). The van der Waals surface area contributed by atoms with Crippen LogP contribution in [-0.2, 0) is 13.6 Å². The van der Waals surface area contributed by atoms with Crippen molar-refractivity contribution in [2.45, 2.75) is 50.7 Å². The van der Waals surface area contributed by atoms with E-state index in [0.29, 0.717) is 6.04 Å². The zero-order valence-electron chi connectivity index (χ0n) is 12.8. The minimum absolute atomic E-state index is 0.370. The van der Waals surface area contributed by atoms with E-state index in [1.54, 1.807) is 0 Å². The first-order valence-electron chi connectivity index (χ1n) is 7.36. The van der Waals surface area contributed by atoms with Crippen molar-refractivity contribution < 1.29 is 0 Å². The average Bonchev–Trinajstić information content (AvgIpc) is 3.12. The summed E-state index contributed by atoms with van der Waals surface area (Å²) in [6.07, 6.45) is 8.15. The second-order valence-electron chi connectivity index (χ2n) is 6.16. The third kappa shape index (κ3) is 4.32. The molecule has 0 amide bonds. The zero-order chi connectivity index (χ0) is 14.6. The van der Waals surface area contributed by atoms with E-state index in [1.807, 2.05) is 30.9 Å². The first-order chi connectivity index (χ1) is 9.52. The molecular weight excluding hydrogens is 250 g/mol. The Hall–Kier alpha value is -1.38. The van der Waals surface area contributed by atoms with E-state index < -0.39 is 0 Å². The summed E-state index contributed by atoms with van der Waals surface area (Å²) in [4.78, 5) is 6.59. The van der Waals surface area contributed by atoms with E-state index in [1.165, 1.54) is 12.8 Å². The van der Waals surface area contributed by atoms with Gasteiger partial charge in [0.1, 0.15) is 11.4 Å². The summed E-state index contributed by atoms with van der Waals surface area (Å²) in [5, 5.41) is 12.8. The number of aryl methyl sites for hydroxylation is 1. The molecule has 0 aliphatic heterocycles. The lowest BCUT2D eigenvalue weighted by Gasteiger charge is -2.24. The maximum absolute atomic E-state index is 9.33. The molecule has 1 atom stereocenters. The molecule has 5 heteroatoms. The highest BCUT2D eigenvalue weighted by Gasteiger charge is 2.31. The predicted molar refractivity (Wildman–Crippen MR) is 79.0 cm³/mol. The van der Waals surface area contributed by atoms with Crippen molar-refractivity contribution in [1.82, 2.24) is 19.8 Å². The fourth-order valence-corrected chi connectivity index (χ4v) is 2.41. The molecule has 0 radical (unpaired) electrons. The molecule has 1 saturated carbocycles. The van der Waals surface area contributed by atoms with Crippen molar-refractivity contribution in [3.05, 3.63) is 18.2 Å². The molecule has 1 unspecified atom stereocenters. The minimum atomic E-state index is -0.370. The minimum Gasteiger partial charge on any atom is -0.337 e. The Balaban J connectivity index is 1.71. The smallest absolute Gasteiger partial charge is 0.122 e. The Kier molecular flexibility index (Phi) is 4.79. The van der Waals surface area contributed by atoms with Gasteiger partial charge in [-0.25, -0.2) is 4.98 Å². The number of nitriles is 1. The number of imidazole rings is 1. The van der Waals surface area contributed by atoms with Crippen molar-refractivity contribution in [3.8, 4) is 6.07 Å². The third-order valence-electron chi connectivity index (χ3n) is 3.90. The summed E-state index contributed by atoms with van der Waals surface area (Å²) < 4.78 is 2.05. The molecule has 0 aromatic carbocycles. The van der Waals surface area contributed by atoms with E-state index in [0.717, 1.165) is 31.8 Å². The van der Waals surface area contributed by atoms with E-state index in [9.17, 15) is 5.26 Å². The average molecular weight is 275 g/mol. The SMILES string of the molecule is CN(CCCC(C)(C#N)NC1CC1)Cc1nccn1C. The lowest BCUT2D eigenvalue weighted by molar-refractivity contribution is 0.289. The highest BCUT2D eigenvalue weighted by atomic mass is 15.1. The molecule has 1 N–H and O–H groups in total. The van der Waals surface area contributed by atoms with E-state index in [4.69, 9.17) is 0 Å². The maximum Gasteiger partial charge on any atom is 0.122 e. The standard InChI is InChI=1S/C15H25N5/c1-15(12-16,18-13-5-6-13)7-4-9-19(2)11-14-17-8-10-20(14)3/h8,10,13,18H,4-7,9,11H2,1-3H3. The Labute approximate surface area is 121 Å². The Morgan fingerprint density at radius 2 is 2.35 bits per heavy atom. The number of hydrogen-bond donors (Lipinski definition) is 1. The maximum atomic E-state index is 9.33. The van der Waals surface area contributed by atoms with Gasteiger partial charge >= 0.3 is 0 Å². The summed E-state index contributed by atoms with van der Waals surface area (Å²) in [5.74, 6) is 1.08. The van der Waals surface area contributed by atoms with Crippen LogP contribution in [0, 0.1) is 11.3 Å². The van der Waals surface area contributed by atoms with Crippen molar-refractivity contribution in [3.63, 3.8) is 0 Å². The topological polar surface area (TPSA) is 56.9 Å². The molecule has 1 heterocycles. The van der Waals surface area contributed by atoms with Gasteiger partial charge in [-0.1, -0.05) is 0 Å². The largest absolute Gasteiger partial charge is 0.337 e. The molecule has 1 fully saturated rings. The summed E-state index contributed by atoms with van der Waals surface area (Å²) in [6, 6.07) is 3.01. The van der Waals surface area contributed by atoms with Gasteiger partial charge in [-0.3, -0.25) is 10.2 Å². The summed E-state index contributed by atoms with van der Waals surface area (Å²) in [7, 11) is 4.12. The molecule has 0 spiro atoms. The van der Waals surface area contributed by atoms with Gasteiger partial charge in [0, 0.05) is 25.5 Å². The molecular formula is C15H25N5. The van der Waals surface area contributed by atoms with E-state index in [-0.39, 0.29) is 5.54 Å². The second-order valence-corrected chi connectivity index (χ2v) is 6.16. The van der Waals surface area contributed by atoms with Crippen LogP contribution in [0.25, 0.3) is 0 Å². The molecule has 110 valence electrons. The van der Waals surface area contributed by atoms with Crippen LogP contribution in [0.4, 0.5) is 0 Å². The fourth-order valence-electron chi connectivity index (χ4n) is 2.41. The number of hydrogen-bond acceptors (Lipinski definition) is 4. The van der Waals surface area contributed by atoms with Crippen molar-refractivity contribution in [2.24, 2.45) is 7.05 Å². The fraction of sp³-hybridized carbons (Fsp3) is 0.733. The molecule has 1 aliphatic rings. The third-order valence-corrected chi connectivity index (χ3v) is 3.90. The van der Waals surface area contributed by atoms with Crippen LogP contribution in [0.5, 0.6) is 0 Å². The van der Waals surface area contributed by atoms with Crippen LogP contribution in [-0.4, -0.2) is 39.6 Å². The molecule has 1 aromatic heterocycles. The Morgan fingerprint density at radius 3 is 2.90 bits per heavy atom. The summed E-state index contributed by atoms with van der Waals surface area (Å²) in [5.41, 5.74) is -0.370. The molecule has 5 nitrogen and oxygen atoms in total. The quantitative estimate of drug-likeness (QED) is 0.784. The summed E-state index contributed by atoms with van der Waals surface area (Å²) >= 11 is 0. The first-order valence-corrected chi connectivity index (χ1v) is 7.36. The van der Waals surface area contributed by atoms with Crippen LogP contribution >= 0.6 is 0 Å². The van der Waals surface area contributed by atoms with Crippen molar-refractivity contribution in [2.75, 3.05) is 13.6 Å². The summed E-state index contributed by atoms with van der Waals surface area (Å²) in [6.45, 7) is 3.85. The molecule has 1 aliphatic carbocycles.